The molecule has 0 bridgehead atoms. The second-order valence-electron chi connectivity index (χ2n) is 4.61. The van der Waals surface area contributed by atoms with E-state index >= 15 is 0 Å². The van der Waals surface area contributed by atoms with Gasteiger partial charge in [0.1, 0.15) is 17.9 Å². The quantitative estimate of drug-likeness (QED) is 0.856. The van der Waals surface area contributed by atoms with Crippen LogP contribution in [0.15, 0.2) is 30.6 Å². The van der Waals surface area contributed by atoms with Crippen molar-refractivity contribution < 1.29 is 9.84 Å². The summed E-state index contributed by atoms with van der Waals surface area (Å²) in [5, 5.41) is 13.9. The molecule has 5 nitrogen and oxygen atoms in total. The predicted molar refractivity (Wildman–Crippen MR) is 72.0 cm³/mol. The molecule has 1 aromatic carbocycles. The summed E-state index contributed by atoms with van der Waals surface area (Å²) in [4.78, 5) is 4.08. The molecular formula is C14H19N3O2. The molecule has 0 radical (unpaired) electrons. The van der Waals surface area contributed by atoms with E-state index in [1.807, 2.05) is 38.2 Å². The summed E-state index contributed by atoms with van der Waals surface area (Å²) in [5.41, 5.74) is 1.16. The third-order valence-electron chi connectivity index (χ3n) is 2.93. The SMILES string of the molecule is Cc1cccc(OCCC(O)Cc2ncnn2C)c1. The van der Waals surface area contributed by atoms with Gasteiger partial charge in [-0.05, 0) is 24.6 Å². The third kappa shape index (κ3) is 4.06. The van der Waals surface area contributed by atoms with Gasteiger partial charge in [-0.1, -0.05) is 12.1 Å². The predicted octanol–water partition coefficient (Wildman–Crippen LogP) is 1.50. The van der Waals surface area contributed by atoms with Crippen molar-refractivity contribution in [3.05, 3.63) is 42.0 Å². The number of aliphatic hydroxyl groups excluding tert-OH is 1. The second kappa shape index (κ2) is 6.33. The number of hydrogen-bond donors (Lipinski definition) is 1. The Hall–Kier alpha value is -1.88. The molecule has 1 heterocycles. The minimum atomic E-state index is -0.465. The highest BCUT2D eigenvalue weighted by Crippen LogP contribution is 2.13. The molecule has 0 fully saturated rings. The van der Waals surface area contributed by atoms with Crippen LogP contribution >= 0.6 is 0 Å². The van der Waals surface area contributed by atoms with E-state index in [1.54, 1.807) is 4.68 Å². The average molecular weight is 261 g/mol. The van der Waals surface area contributed by atoms with Crippen LogP contribution in [0.3, 0.4) is 0 Å². The molecule has 1 aromatic heterocycles. The lowest BCUT2D eigenvalue weighted by Gasteiger charge is -2.11. The lowest BCUT2D eigenvalue weighted by Crippen LogP contribution is -2.17. The molecule has 19 heavy (non-hydrogen) atoms. The zero-order valence-electron chi connectivity index (χ0n) is 11.3. The van der Waals surface area contributed by atoms with E-state index < -0.39 is 6.10 Å². The summed E-state index contributed by atoms with van der Waals surface area (Å²) in [6, 6.07) is 7.88. The Morgan fingerprint density at radius 2 is 2.26 bits per heavy atom. The van der Waals surface area contributed by atoms with Gasteiger partial charge in [0.25, 0.3) is 0 Å². The number of aliphatic hydroxyl groups is 1. The molecule has 0 saturated heterocycles. The van der Waals surface area contributed by atoms with E-state index in [-0.39, 0.29) is 0 Å². The van der Waals surface area contributed by atoms with Crippen molar-refractivity contribution in [1.29, 1.82) is 0 Å². The molecule has 102 valence electrons. The van der Waals surface area contributed by atoms with E-state index in [0.717, 1.165) is 17.1 Å². The zero-order valence-corrected chi connectivity index (χ0v) is 11.3. The standard InChI is InChI=1S/C14H19N3O2/c1-11-4-3-5-13(8-11)19-7-6-12(18)9-14-15-10-16-17(14)2/h3-5,8,10,12,18H,6-7,9H2,1-2H3. The highest BCUT2D eigenvalue weighted by molar-refractivity contribution is 5.27. The summed E-state index contributed by atoms with van der Waals surface area (Å²) >= 11 is 0. The highest BCUT2D eigenvalue weighted by Gasteiger charge is 2.09. The molecule has 5 heteroatoms. The van der Waals surface area contributed by atoms with E-state index in [4.69, 9.17) is 4.74 Å². The van der Waals surface area contributed by atoms with E-state index in [0.29, 0.717) is 19.4 Å². The van der Waals surface area contributed by atoms with Crippen LogP contribution in [0.5, 0.6) is 5.75 Å². The van der Waals surface area contributed by atoms with Gasteiger partial charge in [-0.2, -0.15) is 5.10 Å². The van der Waals surface area contributed by atoms with Crippen LogP contribution < -0.4 is 4.74 Å². The highest BCUT2D eigenvalue weighted by atomic mass is 16.5. The van der Waals surface area contributed by atoms with Crippen LogP contribution in [-0.2, 0) is 13.5 Å². The first-order valence-electron chi connectivity index (χ1n) is 6.35. The average Bonchev–Trinajstić information content (AvgIpc) is 2.75. The Morgan fingerprint density at radius 1 is 1.42 bits per heavy atom. The van der Waals surface area contributed by atoms with Gasteiger partial charge in [0, 0.05) is 19.9 Å². The van der Waals surface area contributed by atoms with Crippen molar-refractivity contribution in [2.24, 2.45) is 7.05 Å². The molecule has 0 saturated carbocycles. The fourth-order valence-corrected chi connectivity index (χ4v) is 1.84. The van der Waals surface area contributed by atoms with Crippen LogP contribution in [0.2, 0.25) is 0 Å². The van der Waals surface area contributed by atoms with Gasteiger partial charge in [-0.3, -0.25) is 4.68 Å². The number of aryl methyl sites for hydroxylation is 2. The summed E-state index contributed by atoms with van der Waals surface area (Å²) in [7, 11) is 1.82. The molecule has 0 amide bonds. The Labute approximate surface area is 112 Å². The molecule has 1 N–H and O–H groups in total. The number of benzene rings is 1. The summed E-state index contributed by atoms with van der Waals surface area (Å²) in [5.74, 6) is 1.62. The topological polar surface area (TPSA) is 60.2 Å². The molecule has 0 aliphatic carbocycles. The minimum absolute atomic E-state index is 0.465. The summed E-state index contributed by atoms with van der Waals surface area (Å²) in [6.07, 6.45) is 2.09. The van der Waals surface area contributed by atoms with E-state index in [2.05, 4.69) is 10.1 Å². The largest absolute Gasteiger partial charge is 0.493 e. The normalized spacial score (nSPS) is 12.4. The number of aromatic nitrogens is 3. The van der Waals surface area contributed by atoms with Crippen molar-refractivity contribution in [3.8, 4) is 5.75 Å². The van der Waals surface area contributed by atoms with Gasteiger partial charge < -0.3 is 9.84 Å². The van der Waals surface area contributed by atoms with Crippen molar-refractivity contribution in [3.63, 3.8) is 0 Å². The Morgan fingerprint density at radius 3 is 2.95 bits per heavy atom. The van der Waals surface area contributed by atoms with Crippen molar-refractivity contribution in [2.45, 2.75) is 25.9 Å². The van der Waals surface area contributed by atoms with E-state index in [1.165, 1.54) is 6.33 Å². The van der Waals surface area contributed by atoms with Crippen molar-refractivity contribution >= 4 is 0 Å². The molecule has 0 aliphatic heterocycles. The van der Waals surface area contributed by atoms with Crippen LogP contribution in [0.4, 0.5) is 0 Å². The Bertz CT molecular complexity index is 525. The van der Waals surface area contributed by atoms with Crippen molar-refractivity contribution in [1.82, 2.24) is 14.8 Å². The molecular weight excluding hydrogens is 242 g/mol. The van der Waals surface area contributed by atoms with Gasteiger partial charge in [-0.15, -0.1) is 0 Å². The lowest BCUT2D eigenvalue weighted by atomic mass is 10.2. The molecule has 0 spiro atoms. The molecule has 2 rings (SSSR count). The number of nitrogens with zero attached hydrogens (tertiary/aromatic N) is 3. The van der Waals surface area contributed by atoms with Crippen molar-refractivity contribution in [2.75, 3.05) is 6.61 Å². The number of rotatable bonds is 6. The van der Waals surface area contributed by atoms with Gasteiger partial charge in [-0.25, -0.2) is 4.98 Å². The fourth-order valence-electron chi connectivity index (χ4n) is 1.84. The maximum atomic E-state index is 9.92. The first kappa shape index (κ1) is 13.5. The number of hydrogen-bond acceptors (Lipinski definition) is 4. The Balaban J connectivity index is 1.75. The van der Waals surface area contributed by atoms with Gasteiger partial charge in [0.2, 0.25) is 0 Å². The number of ether oxygens (including phenoxy) is 1. The monoisotopic (exact) mass is 261 g/mol. The first-order chi connectivity index (χ1) is 9.15. The maximum Gasteiger partial charge on any atom is 0.138 e. The smallest absolute Gasteiger partial charge is 0.138 e. The van der Waals surface area contributed by atoms with Gasteiger partial charge in [0.05, 0.1) is 12.7 Å². The van der Waals surface area contributed by atoms with Crippen LogP contribution in [0, 0.1) is 6.92 Å². The van der Waals surface area contributed by atoms with Crippen LogP contribution in [0.1, 0.15) is 17.8 Å². The lowest BCUT2D eigenvalue weighted by molar-refractivity contribution is 0.136. The third-order valence-corrected chi connectivity index (χ3v) is 2.93. The minimum Gasteiger partial charge on any atom is -0.493 e. The second-order valence-corrected chi connectivity index (χ2v) is 4.61. The maximum absolute atomic E-state index is 9.92. The van der Waals surface area contributed by atoms with Crippen LogP contribution in [0.25, 0.3) is 0 Å². The Kier molecular flexibility index (Phi) is 4.52. The molecule has 2 aromatic rings. The van der Waals surface area contributed by atoms with Gasteiger partial charge in [0.15, 0.2) is 0 Å². The first-order valence-corrected chi connectivity index (χ1v) is 6.35. The van der Waals surface area contributed by atoms with Gasteiger partial charge >= 0.3 is 0 Å². The summed E-state index contributed by atoms with van der Waals surface area (Å²) < 4.78 is 7.28. The zero-order chi connectivity index (χ0) is 13.7. The molecule has 0 aliphatic rings. The fraction of sp³-hybridized carbons (Fsp3) is 0.429. The van der Waals surface area contributed by atoms with E-state index in [9.17, 15) is 5.11 Å². The summed E-state index contributed by atoms with van der Waals surface area (Å²) in [6.45, 7) is 2.51. The molecule has 1 atom stereocenters. The molecule has 1 unspecified atom stereocenters. The van der Waals surface area contributed by atoms with Crippen LogP contribution in [-0.4, -0.2) is 32.6 Å².